The molecule has 0 aromatic rings. The predicted molar refractivity (Wildman–Crippen MR) is 72.3 cm³/mol. The van der Waals surface area contributed by atoms with Gasteiger partial charge in [-0.3, -0.25) is 15.1 Å². The van der Waals surface area contributed by atoms with Crippen LogP contribution in [-0.4, -0.2) is 67.8 Å². The average Bonchev–Trinajstić information content (AvgIpc) is 2.99. The van der Waals surface area contributed by atoms with Crippen molar-refractivity contribution in [3.63, 3.8) is 0 Å². The first-order valence-electron chi connectivity index (χ1n) is 6.75. The minimum atomic E-state index is -0.501. The molecule has 0 bridgehead atoms. The lowest BCUT2D eigenvalue weighted by Crippen LogP contribution is -2.54. The van der Waals surface area contributed by atoms with E-state index in [4.69, 9.17) is 15.2 Å². The number of ether oxygens (including phenoxy) is 2. The lowest BCUT2D eigenvalue weighted by Gasteiger charge is -2.29. The molecule has 1 saturated heterocycles. The fourth-order valence-corrected chi connectivity index (χ4v) is 2.82. The molecule has 3 rings (SSSR count). The third-order valence-electron chi connectivity index (χ3n) is 3.75. The Labute approximate surface area is 117 Å². The molecule has 3 N–H and O–H groups in total. The highest BCUT2D eigenvalue weighted by atomic mass is 16.5. The van der Waals surface area contributed by atoms with Crippen LogP contribution in [0.3, 0.4) is 0 Å². The van der Waals surface area contributed by atoms with Crippen LogP contribution >= 0.6 is 0 Å². The highest BCUT2D eigenvalue weighted by molar-refractivity contribution is 6.02. The third kappa shape index (κ3) is 2.48. The summed E-state index contributed by atoms with van der Waals surface area (Å²) in [6, 6.07) is -0.501. The summed E-state index contributed by atoms with van der Waals surface area (Å²) in [4.78, 5) is 22.1. The average molecular weight is 281 g/mol. The van der Waals surface area contributed by atoms with Gasteiger partial charge in [-0.05, 0) is 12.8 Å². The normalized spacial score (nSPS) is 36.0. The van der Waals surface area contributed by atoms with E-state index in [2.05, 4.69) is 15.3 Å². The molecule has 0 saturated carbocycles. The third-order valence-corrected chi connectivity index (χ3v) is 3.75. The molecule has 0 spiro atoms. The molecule has 3 aliphatic heterocycles. The second-order valence-electron chi connectivity index (χ2n) is 5.24. The maximum atomic E-state index is 11.7. The molecule has 8 nitrogen and oxygen atoms in total. The summed E-state index contributed by atoms with van der Waals surface area (Å²) in [5, 5.41) is 2.49. The van der Waals surface area contributed by atoms with E-state index in [9.17, 15) is 4.79 Å². The van der Waals surface area contributed by atoms with Gasteiger partial charge in [0.2, 0.25) is 0 Å². The zero-order valence-corrected chi connectivity index (χ0v) is 11.4. The Hall–Kier alpha value is -1.67. The quantitative estimate of drug-likeness (QED) is 0.664. The van der Waals surface area contributed by atoms with Gasteiger partial charge < -0.3 is 20.1 Å². The summed E-state index contributed by atoms with van der Waals surface area (Å²) >= 11 is 0. The first-order chi connectivity index (χ1) is 9.67. The van der Waals surface area contributed by atoms with Crippen LogP contribution in [0.25, 0.3) is 0 Å². The standard InChI is InChI=1S/C12H19N5O3/c1-19-5-8-3-2-7(20-8)4-17-6-14-9-10(17)15-12(13)16-11(9)18/h6-10H,2-5H2,1H3,(H3,13,15,16,18)/t7-,8+,9?,10?/m1/s1. The minimum Gasteiger partial charge on any atom is -0.382 e. The second-order valence-corrected chi connectivity index (χ2v) is 5.24. The van der Waals surface area contributed by atoms with Crippen LogP contribution in [0.1, 0.15) is 12.8 Å². The number of methoxy groups -OCH3 is 1. The second kappa shape index (κ2) is 5.37. The molecule has 20 heavy (non-hydrogen) atoms. The van der Waals surface area contributed by atoms with Crippen LogP contribution < -0.4 is 11.1 Å². The van der Waals surface area contributed by atoms with Crippen molar-refractivity contribution in [3.8, 4) is 0 Å². The van der Waals surface area contributed by atoms with Crippen molar-refractivity contribution in [2.24, 2.45) is 15.7 Å². The van der Waals surface area contributed by atoms with Gasteiger partial charge in [-0.2, -0.15) is 0 Å². The van der Waals surface area contributed by atoms with E-state index in [0.29, 0.717) is 13.2 Å². The number of nitrogens with two attached hydrogens (primary N) is 1. The number of nitrogens with zero attached hydrogens (tertiary/aromatic N) is 3. The molecule has 8 heteroatoms. The Bertz CT molecular complexity index is 452. The Morgan fingerprint density at radius 2 is 2.35 bits per heavy atom. The van der Waals surface area contributed by atoms with Gasteiger partial charge in [-0.15, -0.1) is 0 Å². The molecule has 3 heterocycles. The van der Waals surface area contributed by atoms with Crippen molar-refractivity contribution in [2.45, 2.75) is 37.3 Å². The summed E-state index contributed by atoms with van der Waals surface area (Å²) in [5.41, 5.74) is 5.60. The van der Waals surface area contributed by atoms with E-state index in [1.165, 1.54) is 0 Å². The van der Waals surface area contributed by atoms with Gasteiger partial charge in [-0.25, -0.2) is 4.99 Å². The molecule has 110 valence electrons. The zero-order valence-electron chi connectivity index (χ0n) is 11.4. The Balaban J connectivity index is 1.60. The highest BCUT2D eigenvalue weighted by Crippen LogP contribution is 2.24. The Morgan fingerprint density at radius 3 is 3.15 bits per heavy atom. The highest BCUT2D eigenvalue weighted by Gasteiger charge is 2.40. The molecule has 0 aromatic heterocycles. The number of aliphatic imine (C=N–C) groups is 2. The van der Waals surface area contributed by atoms with Crippen LogP contribution in [0.2, 0.25) is 0 Å². The SMILES string of the molecule is COC[C@@H]1CC[C@H](CN2C=NC3C(=O)NC(N)=NC32)O1. The molecule has 4 atom stereocenters. The topological polar surface area (TPSA) is 102 Å². The van der Waals surface area contributed by atoms with Gasteiger partial charge in [0.1, 0.15) is 0 Å². The van der Waals surface area contributed by atoms with E-state index in [0.717, 1.165) is 12.8 Å². The molecule has 3 aliphatic rings. The number of rotatable bonds is 4. The number of nitrogens with one attached hydrogen (secondary N) is 1. The van der Waals surface area contributed by atoms with Gasteiger partial charge in [-0.1, -0.05) is 0 Å². The summed E-state index contributed by atoms with van der Waals surface area (Å²) in [6.07, 6.45) is 3.56. The van der Waals surface area contributed by atoms with Gasteiger partial charge in [0, 0.05) is 13.7 Å². The van der Waals surface area contributed by atoms with Crippen molar-refractivity contribution in [1.82, 2.24) is 10.2 Å². The molecule has 0 aliphatic carbocycles. The van der Waals surface area contributed by atoms with Gasteiger partial charge >= 0.3 is 0 Å². The molecule has 1 fully saturated rings. The van der Waals surface area contributed by atoms with Crippen LogP contribution in [0.5, 0.6) is 0 Å². The van der Waals surface area contributed by atoms with E-state index in [1.807, 2.05) is 4.90 Å². The van der Waals surface area contributed by atoms with Crippen molar-refractivity contribution in [3.05, 3.63) is 0 Å². The fourth-order valence-electron chi connectivity index (χ4n) is 2.82. The van der Waals surface area contributed by atoms with Crippen molar-refractivity contribution < 1.29 is 14.3 Å². The molecule has 0 aromatic carbocycles. The molecular formula is C12H19N5O3. The lowest BCUT2D eigenvalue weighted by atomic mass is 10.1. The molecule has 2 unspecified atom stereocenters. The number of fused-ring (bicyclic) bond motifs is 1. The van der Waals surface area contributed by atoms with Gasteiger partial charge in [0.25, 0.3) is 5.91 Å². The van der Waals surface area contributed by atoms with Crippen molar-refractivity contribution >= 4 is 18.2 Å². The number of guanidine groups is 1. The summed E-state index contributed by atoms with van der Waals surface area (Å²) in [5.74, 6) is -0.0535. The summed E-state index contributed by atoms with van der Waals surface area (Å²) in [7, 11) is 1.67. The van der Waals surface area contributed by atoms with Gasteiger partial charge in [0.05, 0.1) is 25.2 Å². The van der Waals surface area contributed by atoms with Crippen LogP contribution in [-0.2, 0) is 14.3 Å². The van der Waals surface area contributed by atoms with Crippen LogP contribution in [0.15, 0.2) is 9.98 Å². The molecule has 0 radical (unpaired) electrons. The monoisotopic (exact) mass is 281 g/mol. The predicted octanol–water partition coefficient (Wildman–Crippen LogP) is -1.34. The van der Waals surface area contributed by atoms with Crippen LogP contribution in [0.4, 0.5) is 0 Å². The first kappa shape index (κ1) is 13.3. The van der Waals surface area contributed by atoms with E-state index in [1.54, 1.807) is 13.4 Å². The number of carbonyl (C=O) groups is 1. The van der Waals surface area contributed by atoms with Gasteiger partial charge in [0.15, 0.2) is 18.2 Å². The molecular weight excluding hydrogens is 262 g/mol. The van der Waals surface area contributed by atoms with E-state index < -0.39 is 6.04 Å². The lowest BCUT2D eigenvalue weighted by molar-refractivity contribution is -0.122. The maximum Gasteiger partial charge on any atom is 0.255 e. The Morgan fingerprint density at radius 1 is 1.55 bits per heavy atom. The Kier molecular flexibility index (Phi) is 3.58. The fraction of sp³-hybridized carbons (Fsp3) is 0.750. The number of hydrogen-bond acceptors (Lipinski definition) is 7. The number of amides is 1. The maximum absolute atomic E-state index is 11.7. The summed E-state index contributed by atoms with van der Waals surface area (Å²) in [6.45, 7) is 1.28. The van der Waals surface area contributed by atoms with Crippen LogP contribution in [0, 0.1) is 0 Å². The number of carbonyl (C=O) groups excluding carboxylic acids is 1. The minimum absolute atomic E-state index is 0.113. The summed E-state index contributed by atoms with van der Waals surface area (Å²) < 4.78 is 11.0. The van der Waals surface area contributed by atoms with Crippen molar-refractivity contribution in [1.29, 1.82) is 0 Å². The largest absolute Gasteiger partial charge is 0.382 e. The smallest absolute Gasteiger partial charge is 0.255 e. The van der Waals surface area contributed by atoms with Crippen molar-refractivity contribution in [2.75, 3.05) is 20.3 Å². The number of hydrogen-bond donors (Lipinski definition) is 2. The first-order valence-corrected chi connectivity index (χ1v) is 6.75. The van der Waals surface area contributed by atoms with E-state index in [-0.39, 0.29) is 30.2 Å². The molecule has 1 amide bonds. The zero-order chi connectivity index (χ0) is 14.1. The van der Waals surface area contributed by atoms with E-state index >= 15 is 0 Å².